The molecule has 0 radical (unpaired) electrons. The normalized spacial score (nSPS) is 10.3. The summed E-state index contributed by atoms with van der Waals surface area (Å²) in [4.78, 5) is 17.1. The number of nitro benzene ring substituents is 1. The van der Waals surface area contributed by atoms with E-state index in [-0.39, 0.29) is 30.5 Å². The minimum absolute atomic E-state index is 0. The van der Waals surface area contributed by atoms with Crippen molar-refractivity contribution in [2.24, 2.45) is 5.73 Å². The second-order valence-electron chi connectivity index (χ2n) is 6.54. The lowest BCUT2D eigenvalue weighted by molar-refractivity contribution is -0.384. The fraction of sp³-hybridized carbons (Fsp3) is 0.286. The second-order valence-corrected chi connectivity index (χ2v) is 6.54. The van der Waals surface area contributed by atoms with Crippen LogP contribution in [0.1, 0.15) is 11.5 Å². The molecule has 0 fully saturated rings. The molecule has 7 nitrogen and oxygen atoms in total. The van der Waals surface area contributed by atoms with Crippen LogP contribution in [0, 0.1) is 10.1 Å². The average Bonchev–Trinajstić information content (AvgIpc) is 3.20. The van der Waals surface area contributed by atoms with Crippen molar-refractivity contribution in [3.05, 3.63) is 82.4 Å². The lowest BCUT2D eigenvalue weighted by Gasteiger charge is -2.20. The van der Waals surface area contributed by atoms with Gasteiger partial charge in [-0.05, 0) is 12.0 Å². The van der Waals surface area contributed by atoms with Crippen molar-refractivity contribution in [3.8, 4) is 11.3 Å². The molecule has 0 unspecified atom stereocenters. The summed E-state index contributed by atoms with van der Waals surface area (Å²) in [5.41, 5.74) is 7.73. The van der Waals surface area contributed by atoms with Crippen LogP contribution >= 0.6 is 24.8 Å². The largest absolute Gasteiger partial charge is 0.441 e. The van der Waals surface area contributed by atoms with Gasteiger partial charge in [0.05, 0.1) is 11.1 Å². The van der Waals surface area contributed by atoms with Gasteiger partial charge in [0.1, 0.15) is 0 Å². The van der Waals surface area contributed by atoms with Crippen molar-refractivity contribution in [2.75, 3.05) is 26.2 Å². The third-order valence-electron chi connectivity index (χ3n) is 4.54. The summed E-state index contributed by atoms with van der Waals surface area (Å²) in [7, 11) is 0. The zero-order valence-electron chi connectivity index (χ0n) is 16.5. The van der Waals surface area contributed by atoms with Crippen LogP contribution in [0.4, 0.5) is 5.69 Å². The molecule has 0 atom stereocenters. The number of nitrogens with zero attached hydrogens (tertiary/aromatic N) is 3. The number of halogens is 2. The van der Waals surface area contributed by atoms with Crippen LogP contribution in [0.2, 0.25) is 0 Å². The highest BCUT2D eigenvalue weighted by molar-refractivity contribution is 5.85. The van der Waals surface area contributed by atoms with Gasteiger partial charge in [-0.2, -0.15) is 0 Å². The molecule has 0 bridgehead atoms. The highest BCUT2D eigenvalue weighted by atomic mass is 35.5. The molecule has 0 aliphatic rings. The Morgan fingerprint density at radius 2 is 1.73 bits per heavy atom. The predicted molar refractivity (Wildman–Crippen MR) is 122 cm³/mol. The molecule has 1 aromatic heterocycles. The van der Waals surface area contributed by atoms with Gasteiger partial charge in [-0.1, -0.05) is 42.5 Å². The molecule has 3 rings (SSSR count). The average molecular weight is 453 g/mol. The van der Waals surface area contributed by atoms with Crippen molar-refractivity contribution in [1.29, 1.82) is 0 Å². The van der Waals surface area contributed by atoms with Crippen LogP contribution in [-0.2, 0) is 12.8 Å². The summed E-state index contributed by atoms with van der Waals surface area (Å²) in [6, 6.07) is 16.7. The molecule has 0 saturated heterocycles. The van der Waals surface area contributed by atoms with Gasteiger partial charge in [-0.15, -0.1) is 24.8 Å². The molecule has 162 valence electrons. The molecule has 0 saturated carbocycles. The number of hydrogen-bond donors (Lipinski definition) is 1. The maximum absolute atomic E-state index is 10.9. The topological polar surface area (TPSA) is 98.4 Å². The van der Waals surface area contributed by atoms with E-state index >= 15 is 0 Å². The number of nitrogens with two attached hydrogens (primary N) is 1. The van der Waals surface area contributed by atoms with Crippen LogP contribution in [0.25, 0.3) is 11.3 Å². The van der Waals surface area contributed by atoms with Gasteiger partial charge in [0, 0.05) is 50.3 Å². The van der Waals surface area contributed by atoms with Crippen LogP contribution in [0.5, 0.6) is 0 Å². The SMILES string of the molecule is Cl.Cl.NCCN(CCc1ccccc1)CCc1ncc(-c2cccc([N+](=O)[O-])c2)o1. The first-order valence-electron chi connectivity index (χ1n) is 9.31. The highest BCUT2D eigenvalue weighted by Crippen LogP contribution is 2.24. The number of oxazole rings is 1. The predicted octanol–water partition coefficient (Wildman–Crippen LogP) is 4.14. The number of aromatic nitrogens is 1. The van der Waals surface area contributed by atoms with Gasteiger partial charge in [0.15, 0.2) is 11.7 Å². The molecule has 9 heteroatoms. The Kier molecular flexibility index (Phi) is 11.1. The minimum Gasteiger partial charge on any atom is -0.441 e. The van der Waals surface area contributed by atoms with E-state index in [9.17, 15) is 10.1 Å². The van der Waals surface area contributed by atoms with Crippen molar-refractivity contribution >= 4 is 30.5 Å². The van der Waals surface area contributed by atoms with E-state index < -0.39 is 4.92 Å². The number of benzene rings is 2. The number of nitro groups is 1. The third kappa shape index (κ3) is 7.42. The molecule has 1 heterocycles. The number of rotatable bonds is 10. The van der Waals surface area contributed by atoms with Crippen LogP contribution in [-0.4, -0.2) is 41.0 Å². The van der Waals surface area contributed by atoms with Crippen molar-refractivity contribution in [3.63, 3.8) is 0 Å². The summed E-state index contributed by atoms with van der Waals surface area (Å²) in [5, 5.41) is 10.9. The Morgan fingerprint density at radius 1 is 1.00 bits per heavy atom. The van der Waals surface area contributed by atoms with E-state index in [2.05, 4.69) is 22.0 Å². The zero-order chi connectivity index (χ0) is 19.8. The van der Waals surface area contributed by atoms with Gasteiger partial charge in [-0.25, -0.2) is 4.98 Å². The van der Waals surface area contributed by atoms with Crippen LogP contribution in [0.3, 0.4) is 0 Å². The lowest BCUT2D eigenvalue weighted by atomic mass is 10.1. The summed E-state index contributed by atoms with van der Waals surface area (Å²) >= 11 is 0. The Hall–Kier alpha value is -2.45. The molecular formula is C21H26Cl2N4O3. The molecule has 2 aromatic carbocycles. The summed E-state index contributed by atoms with van der Waals surface area (Å²) in [6.07, 6.45) is 3.24. The van der Waals surface area contributed by atoms with Crippen molar-refractivity contribution in [1.82, 2.24) is 9.88 Å². The van der Waals surface area contributed by atoms with E-state index in [1.807, 2.05) is 18.2 Å². The van der Waals surface area contributed by atoms with Crippen LogP contribution < -0.4 is 5.73 Å². The maximum atomic E-state index is 10.9. The van der Waals surface area contributed by atoms with E-state index in [4.69, 9.17) is 10.2 Å². The van der Waals surface area contributed by atoms with Gasteiger partial charge in [0.2, 0.25) is 0 Å². The standard InChI is InChI=1S/C21H24N4O3.2ClH/c22-11-14-24(12-9-17-5-2-1-3-6-17)13-10-21-23-16-20(28-21)18-7-4-8-19(15-18)25(26)27;;/h1-8,15-16H,9-14,22H2;2*1H. The molecule has 0 spiro atoms. The summed E-state index contributed by atoms with van der Waals surface area (Å²) < 4.78 is 5.80. The quantitative estimate of drug-likeness (QED) is 0.366. The van der Waals surface area contributed by atoms with Gasteiger partial charge in [0.25, 0.3) is 5.69 Å². The molecule has 3 aromatic rings. The van der Waals surface area contributed by atoms with E-state index in [0.717, 1.165) is 26.1 Å². The molecule has 30 heavy (non-hydrogen) atoms. The Bertz CT molecular complexity index is 906. The van der Waals surface area contributed by atoms with E-state index in [0.29, 0.717) is 30.2 Å². The molecular weight excluding hydrogens is 427 g/mol. The lowest BCUT2D eigenvalue weighted by Crippen LogP contribution is -2.33. The number of hydrogen-bond acceptors (Lipinski definition) is 6. The molecule has 0 aliphatic heterocycles. The Balaban J connectivity index is 0.00000225. The molecule has 0 aliphatic carbocycles. The third-order valence-corrected chi connectivity index (χ3v) is 4.54. The van der Waals surface area contributed by atoms with Crippen molar-refractivity contribution in [2.45, 2.75) is 12.8 Å². The molecule has 0 amide bonds. The second kappa shape index (κ2) is 13.0. The first-order valence-corrected chi connectivity index (χ1v) is 9.31. The maximum Gasteiger partial charge on any atom is 0.270 e. The zero-order valence-corrected chi connectivity index (χ0v) is 18.1. The van der Waals surface area contributed by atoms with Crippen LogP contribution in [0.15, 0.2) is 65.2 Å². The fourth-order valence-electron chi connectivity index (χ4n) is 3.04. The monoisotopic (exact) mass is 452 g/mol. The van der Waals surface area contributed by atoms with Gasteiger partial charge < -0.3 is 15.1 Å². The highest BCUT2D eigenvalue weighted by Gasteiger charge is 2.12. The first kappa shape index (κ1) is 25.6. The van der Waals surface area contributed by atoms with Crippen molar-refractivity contribution < 1.29 is 9.34 Å². The Morgan fingerprint density at radius 3 is 2.43 bits per heavy atom. The van der Waals surface area contributed by atoms with E-state index in [1.54, 1.807) is 18.3 Å². The summed E-state index contributed by atoms with van der Waals surface area (Å²) in [5.74, 6) is 1.15. The fourth-order valence-corrected chi connectivity index (χ4v) is 3.04. The van der Waals surface area contributed by atoms with Gasteiger partial charge in [-0.3, -0.25) is 10.1 Å². The first-order chi connectivity index (χ1) is 13.7. The molecule has 2 N–H and O–H groups in total. The minimum atomic E-state index is -0.418. The van der Waals surface area contributed by atoms with E-state index in [1.165, 1.54) is 17.7 Å². The Labute approximate surface area is 188 Å². The number of non-ortho nitro benzene ring substituents is 1. The van der Waals surface area contributed by atoms with Gasteiger partial charge >= 0.3 is 0 Å². The smallest absolute Gasteiger partial charge is 0.270 e. The summed E-state index contributed by atoms with van der Waals surface area (Å²) in [6.45, 7) is 3.11.